The molecule has 0 amide bonds. The molecule has 0 aliphatic heterocycles. The molecule has 0 aliphatic carbocycles. The Morgan fingerprint density at radius 1 is 0.900 bits per heavy atom. The first-order chi connectivity index (χ1) is 8.60. The van der Waals surface area contributed by atoms with Crippen molar-refractivity contribution in [3.8, 4) is 0 Å². The van der Waals surface area contributed by atoms with Crippen molar-refractivity contribution in [2.45, 2.75) is 39.8 Å². The van der Waals surface area contributed by atoms with E-state index in [9.17, 15) is 4.79 Å². The van der Waals surface area contributed by atoms with Crippen LogP contribution in [0.1, 0.15) is 26.7 Å². The third-order valence-electron chi connectivity index (χ3n) is 3.12. The number of fused-ring (bicyclic) bond motifs is 1. The highest BCUT2D eigenvalue weighted by atomic mass is 35.5. The summed E-state index contributed by atoms with van der Waals surface area (Å²) in [5.41, 5.74) is 14.5. The van der Waals surface area contributed by atoms with E-state index in [4.69, 9.17) is 11.5 Å². The molecule has 20 heavy (non-hydrogen) atoms. The molecule has 1 aromatic heterocycles. The minimum atomic E-state index is 0. The van der Waals surface area contributed by atoms with Crippen molar-refractivity contribution in [2.75, 3.05) is 11.5 Å². The molecule has 7 heteroatoms. The van der Waals surface area contributed by atoms with Gasteiger partial charge in [-0.05, 0) is 25.0 Å². The molecule has 1 heterocycles. The van der Waals surface area contributed by atoms with Crippen LogP contribution in [0, 0.1) is 0 Å². The average Bonchev–Trinajstić information content (AvgIpc) is 2.57. The van der Waals surface area contributed by atoms with Crippen molar-refractivity contribution < 1.29 is 0 Å². The fourth-order valence-electron chi connectivity index (χ4n) is 2.27. The second-order valence-corrected chi connectivity index (χ2v) is 4.56. The van der Waals surface area contributed by atoms with Crippen LogP contribution in [-0.2, 0) is 13.1 Å². The molecule has 0 unspecified atom stereocenters. The fraction of sp³-hybridized carbons (Fsp3) is 0.462. The van der Waals surface area contributed by atoms with Crippen molar-refractivity contribution in [1.29, 1.82) is 0 Å². The molecular weight excluding hydrogens is 299 g/mol. The largest absolute Gasteiger partial charge is 0.397 e. The van der Waals surface area contributed by atoms with E-state index in [0.717, 1.165) is 23.9 Å². The number of imidazole rings is 1. The number of hydrogen-bond acceptors (Lipinski definition) is 3. The number of halogens is 2. The third-order valence-corrected chi connectivity index (χ3v) is 3.12. The standard InChI is InChI=1S/C13H20N4O.2ClH/c1-3-5-16-11-7-9(14)10(15)8-12(11)17(6-4-2)13(16)18;;/h7-8H,3-6,14-15H2,1-2H3;2*1H. The molecule has 2 rings (SSSR count). The first-order valence-electron chi connectivity index (χ1n) is 6.38. The van der Waals surface area contributed by atoms with E-state index < -0.39 is 0 Å². The van der Waals surface area contributed by atoms with E-state index >= 15 is 0 Å². The van der Waals surface area contributed by atoms with Gasteiger partial charge in [0.25, 0.3) is 0 Å². The van der Waals surface area contributed by atoms with Crippen LogP contribution in [0.15, 0.2) is 16.9 Å². The van der Waals surface area contributed by atoms with Gasteiger partial charge in [0.05, 0.1) is 22.4 Å². The molecule has 2 aromatic rings. The topological polar surface area (TPSA) is 79.0 Å². The number of aromatic nitrogens is 2. The predicted octanol–water partition coefficient (Wildman–Crippen LogP) is 2.63. The summed E-state index contributed by atoms with van der Waals surface area (Å²) >= 11 is 0. The van der Waals surface area contributed by atoms with Gasteiger partial charge in [-0.3, -0.25) is 9.13 Å². The Morgan fingerprint density at radius 3 is 1.55 bits per heavy atom. The van der Waals surface area contributed by atoms with Gasteiger partial charge in [0.2, 0.25) is 0 Å². The van der Waals surface area contributed by atoms with Crippen molar-refractivity contribution in [2.24, 2.45) is 0 Å². The maximum absolute atomic E-state index is 12.3. The number of rotatable bonds is 4. The molecule has 0 atom stereocenters. The summed E-state index contributed by atoms with van der Waals surface area (Å²) in [6.07, 6.45) is 1.82. The zero-order chi connectivity index (χ0) is 13.3. The van der Waals surface area contributed by atoms with Crippen LogP contribution in [0.25, 0.3) is 11.0 Å². The molecule has 0 fully saturated rings. The Hall–Kier alpha value is -1.33. The van der Waals surface area contributed by atoms with Crippen molar-refractivity contribution >= 4 is 47.2 Å². The number of hydrogen-bond donors (Lipinski definition) is 2. The number of nitrogens with zero attached hydrogens (tertiary/aromatic N) is 2. The summed E-state index contributed by atoms with van der Waals surface area (Å²) in [7, 11) is 0. The maximum Gasteiger partial charge on any atom is 0.329 e. The van der Waals surface area contributed by atoms with Crippen LogP contribution in [-0.4, -0.2) is 9.13 Å². The number of nitrogens with two attached hydrogens (primary N) is 2. The first kappa shape index (κ1) is 18.7. The minimum absolute atomic E-state index is 0. The summed E-state index contributed by atoms with van der Waals surface area (Å²) in [5.74, 6) is 0. The molecule has 0 aliphatic rings. The SMILES string of the molecule is CCCn1c(=O)n(CCC)c2cc(N)c(N)cc21.Cl.Cl. The normalized spacial score (nSPS) is 10.1. The summed E-state index contributed by atoms with van der Waals surface area (Å²) in [6, 6.07) is 3.60. The van der Waals surface area contributed by atoms with Crippen molar-refractivity contribution in [3.63, 3.8) is 0 Å². The van der Waals surface area contributed by atoms with E-state index in [0.29, 0.717) is 24.5 Å². The summed E-state index contributed by atoms with van der Waals surface area (Å²) in [6.45, 7) is 5.51. The fourth-order valence-corrected chi connectivity index (χ4v) is 2.27. The van der Waals surface area contributed by atoms with Crippen molar-refractivity contribution in [1.82, 2.24) is 9.13 Å². The number of nitrogen functional groups attached to an aromatic ring is 2. The Bertz CT molecular complexity index is 581. The van der Waals surface area contributed by atoms with Crippen LogP contribution in [0.5, 0.6) is 0 Å². The van der Waals surface area contributed by atoms with Crippen LogP contribution in [0.4, 0.5) is 11.4 Å². The van der Waals surface area contributed by atoms with Crippen LogP contribution >= 0.6 is 24.8 Å². The second kappa shape index (κ2) is 7.45. The molecule has 0 saturated heterocycles. The maximum atomic E-state index is 12.3. The van der Waals surface area contributed by atoms with Gasteiger partial charge >= 0.3 is 5.69 Å². The van der Waals surface area contributed by atoms with E-state index in [1.807, 2.05) is 0 Å². The zero-order valence-electron chi connectivity index (χ0n) is 11.8. The van der Waals surface area contributed by atoms with Gasteiger partial charge in [-0.1, -0.05) is 13.8 Å². The van der Waals surface area contributed by atoms with Gasteiger partial charge in [0.15, 0.2) is 0 Å². The molecule has 0 bridgehead atoms. The van der Waals surface area contributed by atoms with Crippen LogP contribution in [0.2, 0.25) is 0 Å². The average molecular weight is 321 g/mol. The Balaban J connectivity index is 0.00000180. The lowest BCUT2D eigenvalue weighted by Gasteiger charge is -2.04. The molecule has 0 radical (unpaired) electrons. The molecule has 114 valence electrons. The number of aryl methyl sites for hydroxylation is 2. The van der Waals surface area contributed by atoms with Crippen LogP contribution in [0.3, 0.4) is 0 Å². The van der Waals surface area contributed by atoms with E-state index in [2.05, 4.69) is 13.8 Å². The zero-order valence-corrected chi connectivity index (χ0v) is 13.4. The second-order valence-electron chi connectivity index (χ2n) is 4.56. The van der Waals surface area contributed by atoms with Gasteiger partial charge in [-0.2, -0.15) is 0 Å². The van der Waals surface area contributed by atoms with Gasteiger partial charge in [-0.15, -0.1) is 24.8 Å². The molecule has 4 N–H and O–H groups in total. The van der Waals surface area contributed by atoms with Crippen LogP contribution < -0.4 is 17.2 Å². The first-order valence-corrected chi connectivity index (χ1v) is 6.38. The number of benzene rings is 1. The molecular formula is C13H22Cl2N4O. The third kappa shape index (κ3) is 3.04. The summed E-state index contributed by atoms with van der Waals surface area (Å²) in [4.78, 5) is 12.3. The number of anilines is 2. The van der Waals surface area contributed by atoms with Gasteiger partial charge < -0.3 is 11.5 Å². The summed E-state index contributed by atoms with van der Waals surface area (Å²) in [5, 5.41) is 0. The quantitative estimate of drug-likeness (QED) is 0.850. The summed E-state index contributed by atoms with van der Waals surface area (Å²) < 4.78 is 3.56. The molecule has 0 saturated carbocycles. The van der Waals surface area contributed by atoms with E-state index in [1.165, 1.54) is 0 Å². The Kier molecular flexibility index (Phi) is 6.96. The van der Waals surface area contributed by atoms with Gasteiger partial charge in [0, 0.05) is 13.1 Å². The van der Waals surface area contributed by atoms with Crippen molar-refractivity contribution in [3.05, 3.63) is 22.6 Å². The van der Waals surface area contributed by atoms with E-state index in [1.54, 1.807) is 21.3 Å². The molecule has 1 aromatic carbocycles. The molecule has 5 nitrogen and oxygen atoms in total. The smallest absolute Gasteiger partial charge is 0.329 e. The highest BCUT2D eigenvalue weighted by molar-refractivity contribution is 5.86. The predicted molar refractivity (Wildman–Crippen MR) is 90.1 cm³/mol. The Labute approximate surface area is 130 Å². The highest BCUT2D eigenvalue weighted by Crippen LogP contribution is 2.23. The molecule has 0 spiro atoms. The Morgan fingerprint density at radius 2 is 1.25 bits per heavy atom. The minimum Gasteiger partial charge on any atom is -0.397 e. The van der Waals surface area contributed by atoms with E-state index in [-0.39, 0.29) is 30.5 Å². The lowest BCUT2D eigenvalue weighted by atomic mass is 10.2. The lowest BCUT2D eigenvalue weighted by molar-refractivity contribution is 0.607. The van der Waals surface area contributed by atoms with Gasteiger partial charge in [-0.25, -0.2) is 4.79 Å². The lowest BCUT2D eigenvalue weighted by Crippen LogP contribution is -2.24. The monoisotopic (exact) mass is 320 g/mol. The highest BCUT2D eigenvalue weighted by Gasteiger charge is 2.13. The van der Waals surface area contributed by atoms with Gasteiger partial charge in [0.1, 0.15) is 0 Å².